The van der Waals surface area contributed by atoms with Crippen molar-refractivity contribution in [2.24, 2.45) is 0 Å². The van der Waals surface area contributed by atoms with Crippen molar-refractivity contribution in [2.45, 2.75) is 58.0 Å². The molecule has 1 aliphatic heterocycles. The van der Waals surface area contributed by atoms with Crippen LogP contribution in [0.4, 0.5) is 0 Å². The molecule has 0 radical (unpaired) electrons. The molecule has 112 valence electrons. The zero-order chi connectivity index (χ0) is 14.7. The lowest BCUT2D eigenvalue weighted by molar-refractivity contribution is -0.121. The summed E-state index contributed by atoms with van der Waals surface area (Å²) in [5.74, 6) is 0.136. The third kappa shape index (κ3) is 3.26. The third-order valence-corrected chi connectivity index (χ3v) is 4.26. The van der Waals surface area contributed by atoms with E-state index in [4.69, 9.17) is 4.98 Å². The number of amides is 1. The van der Waals surface area contributed by atoms with Crippen molar-refractivity contribution in [3.05, 3.63) is 30.1 Å². The van der Waals surface area contributed by atoms with E-state index < -0.39 is 0 Å². The van der Waals surface area contributed by atoms with Gasteiger partial charge in [-0.2, -0.15) is 0 Å². The Balaban J connectivity index is 1.91. The van der Waals surface area contributed by atoms with Gasteiger partial charge in [0.05, 0.1) is 11.7 Å². The standard InChI is InChI=1S/C17H23N3O/c1-13-15-9-8-14-10-12-20(17(14)19-15)11-6-4-2-3-5-7-16(21)18-13/h8-10,12-13H,2-7,11H2,1H3,(H,18,21). The number of carbonyl (C=O) groups excluding carboxylic acids is 1. The van der Waals surface area contributed by atoms with Crippen molar-refractivity contribution < 1.29 is 4.79 Å². The average Bonchev–Trinajstić information content (AvgIpc) is 2.88. The number of pyridine rings is 1. The summed E-state index contributed by atoms with van der Waals surface area (Å²) in [5.41, 5.74) is 1.97. The Morgan fingerprint density at radius 3 is 2.86 bits per heavy atom. The van der Waals surface area contributed by atoms with Gasteiger partial charge in [0.2, 0.25) is 5.91 Å². The minimum atomic E-state index is -0.0341. The van der Waals surface area contributed by atoms with Crippen LogP contribution >= 0.6 is 0 Å². The molecule has 1 unspecified atom stereocenters. The van der Waals surface area contributed by atoms with E-state index in [1.54, 1.807) is 0 Å². The highest BCUT2D eigenvalue weighted by Gasteiger charge is 2.13. The second kappa shape index (κ2) is 6.29. The van der Waals surface area contributed by atoms with Crippen molar-refractivity contribution in [2.75, 3.05) is 0 Å². The van der Waals surface area contributed by atoms with E-state index in [0.717, 1.165) is 30.7 Å². The first-order valence-electron chi connectivity index (χ1n) is 7.99. The van der Waals surface area contributed by atoms with Crippen molar-refractivity contribution >= 4 is 16.9 Å². The molecule has 3 heterocycles. The minimum Gasteiger partial charge on any atom is -0.348 e. The molecule has 1 N–H and O–H groups in total. The van der Waals surface area contributed by atoms with E-state index in [-0.39, 0.29) is 11.9 Å². The van der Waals surface area contributed by atoms with Crippen molar-refractivity contribution in [3.8, 4) is 0 Å². The topological polar surface area (TPSA) is 46.9 Å². The normalized spacial score (nSPS) is 21.2. The SMILES string of the molecule is CC1NC(=O)CCCCCCCn2ccc3ccc1nc32. The number of rotatable bonds is 0. The van der Waals surface area contributed by atoms with Crippen molar-refractivity contribution in [1.82, 2.24) is 14.9 Å². The van der Waals surface area contributed by atoms with Gasteiger partial charge in [-0.05, 0) is 38.0 Å². The lowest BCUT2D eigenvalue weighted by Crippen LogP contribution is -2.27. The first-order valence-corrected chi connectivity index (χ1v) is 7.99. The Labute approximate surface area is 125 Å². The number of fused-ring (bicyclic) bond motifs is 1. The molecule has 0 aliphatic carbocycles. The summed E-state index contributed by atoms with van der Waals surface area (Å²) in [6.07, 6.45) is 8.49. The minimum absolute atomic E-state index is 0.0341. The first kappa shape index (κ1) is 14.1. The maximum atomic E-state index is 11.9. The lowest BCUT2D eigenvalue weighted by atomic mass is 10.1. The van der Waals surface area contributed by atoms with Gasteiger partial charge >= 0.3 is 0 Å². The van der Waals surface area contributed by atoms with E-state index in [1.807, 2.05) is 13.0 Å². The van der Waals surface area contributed by atoms with Crippen LogP contribution in [0.5, 0.6) is 0 Å². The predicted octanol–water partition coefficient (Wildman–Crippen LogP) is 3.57. The number of aryl methyl sites for hydroxylation is 1. The van der Waals surface area contributed by atoms with Crippen LogP contribution in [-0.2, 0) is 11.3 Å². The van der Waals surface area contributed by atoms with Crippen LogP contribution in [0, 0.1) is 0 Å². The molecule has 2 aromatic heterocycles. The fraction of sp³-hybridized carbons (Fsp3) is 0.529. The molecule has 0 saturated carbocycles. The van der Waals surface area contributed by atoms with Crippen LogP contribution in [0.3, 0.4) is 0 Å². The third-order valence-electron chi connectivity index (χ3n) is 4.26. The molecule has 3 rings (SSSR count). The van der Waals surface area contributed by atoms with E-state index in [0.29, 0.717) is 6.42 Å². The first-order chi connectivity index (χ1) is 10.2. The second-order valence-electron chi connectivity index (χ2n) is 5.97. The smallest absolute Gasteiger partial charge is 0.220 e. The van der Waals surface area contributed by atoms with E-state index in [2.05, 4.69) is 28.2 Å². The van der Waals surface area contributed by atoms with E-state index >= 15 is 0 Å². The van der Waals surface area contributed by atoms with Crippen LogP contribution in [-0.4, -0.2) is 15.5 Å². The van der Waals surface area contributed by atoms with Gasteiger partial charge in [0.1, 0.15) is 5.65 Å². The van der Waals surface area contributed by atoms with Gasteiger partial charge in [0.15, 0.2) is 0 Å². The summed E-state index contributed by atoms with van der Waals surface area (Å²) in [6.45, 7) is 3.03. The monoisotopic (exact) mass is 285 g/mol. The van der Waals surface area contributed by atoms with Gasteiger partial charge in [-0.15, -0.1) is 0 Å². The van der Waals surface area contributed by atoms with Crippen LogP contribution in [0.2, 0.25) is 0 Å². The van der Waals surface area contributed by atoms with Gasteiger partial charge < -0.3 is 9.88 Å². The number of hydrogen-bond donors (Lipinski definition) is 1. The predicted molar refractivity (Wildman–Crippen MR) is 84.0 cm³/mol. The Morgan fingerprint density at radius 1 is 1.14 bits per heavy atom. The van der Waals surface area contributed by atoms with Crippen LogP contribution < -0.4 is 5.32 Å². The van der Waals surface area contributed by atoms with Crippen molar-refractivity contribution in [1.29, 1.82) is 0 Å². The number of nitrogens with zero attached hydrogens (tertiary/aromatic N) is 2. The van der Waals surface area contributed by atoms with Crippen LogP contribution in [0.1, 0.15) is 57.2 Å². The van der Waals surface area contributed by atoms with E-state index in [1.165, 1.54) is 24.6 Å². The van der Waals surface area contributed by atoms with Crippen LogP contribution in [0.25, 0.3) is 11.0 Å². The Bertz CT molecular complexity index is 632. The van der Waals surface area contributed by atoms with Gasteiger partial charge in [0, 0.05) is 24.5 Å². The summed E-state index contributed by atoms with van der Waals surface area (Å²) in [6, 6.07) is 6.20. The molecule has 1 aliphatic rings. The second-order valence-corrected chi connectivity index (χ2v) is 5.97. The summed E-state index contributed by atoms with van der Waals surface area (Å²) >= 11 is 0. The molecule has 0 aromatic carbocycles. The fourth-order valence-corrected chi connectivity index (χ4v) is 2.98. The lowest BCUT2D eigenvalue weighted by Gasteiger charge is -2.15. The highest BCUT2D eigenvalue weighted by atomic mass is 16.1. The number of nitrogens with one attached hydrogen (secondary N) is 1. The van der Waals surface area contributed by atoms with Gasteiger partial charge in [-0.3, -0.25) is 4.79 Å². The molecule has 1 amide bonds. The molecular formula is C17H23N3O. The van der Waals surface area contributed by atoms with Gasteiger partial charge in [-0.25, -0.2) is 4.98 Å². The molecule has 4 heteroatoms. The highest BCUT2D eigenvalue weighted by Crippen LogP contribution is 2.19. The molecule has 0 saturated heterocycles. The Morgan fingerprint density at radius 2 is 1.95 bits per heavy atom. The Hall–Kier alpha value is -1.84. The van der Waals surface area contributed by atoms with E-state index in [9.17, 15) is 4.79 Å². The molecular weight excluding hydrogens is 262 g/mol. The van der Waals surface area contributed by atoms with Gasteiger partial charge in [-0.1, -0.05) is 19.3 Å². The Kier molecular flexibility index (Phi) is 4.23. The molecule has 1 atom stereocenters. The van der Waals surface area contributed by atoms with Crippen molar-refractivity contribution in [3.63, 3.8) is 0 Å². The largest absolute Gasteiger partial charge is 0.348 e. The highest BCUT2D eigenvalue weighted by molar-refractivity contribution is 5.77. The number of hydrogen-bond acceptors (Lipinski definition) is 2. The molecule has 2 bridgehead atoms. The van der Waals surface area contributed by atoms with Gasteiger partial charge in [0.25, 0.3) is 0 Å². The molecule has 0 spiro atoms. The summed E-state index contributed by atoms with van der Waals surface area (Å²) in [5, 5.41) is 4.23. The zero-order valence-corrected chi connectivity index (χ0v) is 12.6. The summed E-state index contributed by atoms with van der Waals surface area (Å²) in [7, 11) is 0. The maximum Gasteiger partial charge on any atom is 0.220 e. The molecule has 21 heavy (non-hydrogen) atoms. The summed E-state index contributed by atoms with van der Waals surface area (Å²) < 4.78 is 2.24. The quantitative estimate of drug-likeness (QED) is 0.804. The average molecular weight is 285 g/mol. The fourth-order valence-electron chi connectivity index (χ4n) is 2.98. The maximum absolute atomic E-state index is 11.9. The number of aromatic nitrogens is 2. The molecule has 4 nitrogen and oxygen atoms in total. The number of carbonyl (C=O) groups is 1. The molecule has 2 aromatic rings. The van der Waals surface area contributed by atoms with Crippen LogP contribution in [0.15, 0.2) is 24.4 Å². The molecule has 0 fully saturated rings. The zero-order valence-electron chi connectivity index (χ0n) is 12.6. The summed E-state index contributed by atoms with van der Waals surface area (Å²) in [4.78, 5) is 16.7.